The van der Waals surface area contributed by atoms with Gasteiger partial charge in [0, 0.05) is 12.3 Å². The zero-order chi connectivity index (χ0) is 12.5. The van der Waals surface area contributed by atoms with Crippen molar-refractivity contribution in [2.24, 2.45) is 35.0 Å². The van der Waals surface area contributed by atoms with E-state index in [2.05, 4.69) is 12.2 Å². The molecule has 1 saturated heterocycles. The van der Waals surface area contributed by atoms with Gasteiger partial charge in [-0.15, -0.1) is 0 Å². The molecule has 1 heterocycles. The van der Waals surface area contributed by atoms with Gasteiger partial charge in [-0.1, -0.05) is 6.92 Å². The number of hydrogen-bond acceptors (Lipinski definition) is 2. The second-order valence-electron chi connectivity index (χ2n) is 7.23. The molecule has 0 aromatic rings. The molecule has 5 aliphatic rings. The number of rotatable bonds is 0. The van der Waals surface area contributed by atoms with E-state index < -0.39 is 0 Å². The molecule has 5 fully saturated rings. The maximum Gasteiger partial charge on any atom is 0.229 e. The minimum absolute atomic E-state index is 0.0151. The van der Waals surface area contributed by atoms with E-state index in [0.29, 0.717) is 18.3 Å². The zero-order valence-electron chi connectivity index (χ0n) is 10.9. The second-order valence-corrected chi connectivity index (χ2v) is 7.23. The quantitative estimate of drug-likeness (QED) is 0.666. The van der Waals surface area contributed by atoms with E-state index in [1.807, 2.05) is 0 Å². The monoisotopic (exact) mass is 247 g/mol. The van der Waals surface area contributed by atoms with E-state index in [1.165, 1.54) is 32.1 Å². The first-order valence-electron chi connectivity index (χ1n) is 7.43. The van der Waals surface area contributed by atoms with Crippen molar-refractivity contribution in [1.29, 1.82) is 0 Å². The lowest BCUT2D eigenvalue weighted by Crippen LogP contribution is -2.63. The van der Waals surface area contributed by atoms with Crippen molar-refractivity contribution in [3.05, 3.63) is 0 Å². The van der Waals surface area contributed by atoms with Crippen molar-refractivity contribution >= 4 is 11.8 Å². The van der Waals surface area contributed by atoms with Crippen LogP contribution in [0.15, 0.2) is 0 Å². The molecule has 0 radical (unpaired) electrons. The minimum Gasteiger partial charge on any atom is -0.296 e. The first-order chi connectivity index (χ1) is 8.59. The van der Waals surface area contributed by atoms with Crippen LogP contribution in [0.25, 0.3) is 0 Å². The molecule has 0 aromatic carbocycles. The molecule has 2 amide bonds. The van der Waals surface area contributed by atoms with E-state index >= 15 is 0 Å². The first kappa shape index (κ1) is 11.0. The molecule has 4 saturated carbocycles. The van der Waals surface area contributed by atoms with Crippen LogP contribution in [-0.2, 0) is 9.59 Å². The van der Waals surface area contributed by atoms with Crippen LogP contribution in [0.3, 0.4) is 0 Å². The fraction of sp³-hybridized carbons (Fsp3) is 0.867. The van der Waals surface area contributed by atoms with Gasteiger partial charge in [-0.3, -0.25) is 14.9 Å². The molecule has 1 N–H and O–H groups in total. The summed E-state index contributed by atoms with van der Waals surface area (Å²) < 4.78 is 0. The highest BCUT2D eigenvalue weighted by molar-refractivity contribution is 5.99. The van der Waals surface area contributed by atoms with Crippen LogP contribution in [0.1, 0.15) is 45.4 Å². The fourth-order valence-corrected chi connectivity index (χ4v) is 6.02. The Morgan fingerprint density at radius 1 is 1.00 bits per heavy atom. The third kappa shape index (κ3) is 1.20. The van der Waals surface area contributed by atoms with Crippen molar-refractivity contribution in [1.82, 2.24) is 5.32 Å². The summed E-state index contributed by atoms with van der Waals surface area (Å²) in [6, 6.07) is 0. The summed E-state index contributed by atoms with van der Waals surface area (Å²) in [5.74, 6) is 3.06. The Morgan fingerprint density at radius 3 is 2.11 bits per heavy atom. The average Bonchev–Trinajstić information content (AvgIpc) is 2.30. The smallest absolute Gasteiger partial charge is 0.229 e. The van der Waals surface area contributed by atoms with Gasteiger partial charge in [-0.25, -0.2) is 0 Å². The lowest BCUT2D eigenvalue weighted by molar-refractivity contribution is -0.174. The summed E-state index contributed by atoms with van der Waals surface area (Å²) in [6.07, 6.45) is 7.12. The molecule has 5 rings (SSSR count). The Morgan fingerprint density at radius 2 is 1.56 bits per heavy atom. The van der Waals surface area contributed by atoms with Gasteiger partial charge in [0.15, 0.2) is 0 Å². The second kappa shape index (κ2) is 3.37. The van der Waals surface area contributed by atoms with E-state index in [1.54, 1.807) is 0 Å². The number of amides is 2. The van der Waals surface area contributed by atoms with Gasteiger partial charge < -0.3 is 0 Å². The molecule has 1 unspecified atom stereocenters. The number of hydrogen-bond donors (Lipinski definition) is 1. The maximum atomic E-state index is 12.1. The molecule has 1 aliphatic heterocycles. The molecule has 18 heavy (non-hydrogen) atoms. The number of carbonyl (C=O) groups excluding carboxylic acids is 2. The molecule has 1 spiro atoms. The Balaban J connectivity index is 1.77. The van der Waals surface area contributed by atoms with Crippen LogP contribution in [0.4, 0.5) is 0 Å². The average molecular weight is 247 g/mol. The maximum absolute atomic E-state index is 12.1. The fourth-order valence-electron chi connectivity index (χ4n) is 6.02. The van der Waals surface area contributed by atoms with Crippen LogP contribution in [0.5, 0.6) is 0 Å². The first-order valence-corrected chi connectivity index (χ1v) is 7.43. The van der Waals surface area contributed by atoms with Gasteiger partial charge in [0.2, 0.25) is 11.8 Å². The summed E-state index contributed by atoms with van der Waals surface area (Å²) in [6.45, 7) is 2.06. The molecule has 0 aromatic heterocycles. The van der Waals surface area contributed by atoms with Gasteiger partial charge in [0.05, 0.1) is 0 Å². The van der Waals surface area contributed by atoms with Crippen LogP contribution in [0, 0.1) is 35.0 Å². The Labute approximate surface area is 108 Å². The van der Waals surface area contributed by atoms with Gasteiger partial charge >= 0.3 is 0 Å². The summed E-state index contributed by atoms with van der Waals surface area (Å²) in [7, 11) is 0. The highest BCUT2D eigenvalue weighted by atomic mass is 16.2. The lowest BCUT2D eigenvalue weighted by atomic mass is 9.41. The van der Waals surface area contributed by atoms with Crippen LogP contribution in [-0.4, -0.2) is 11.8 Å². The van der Waals surface area contributed by atoms with Crippen molar-refractivity contribution in [3.63, 3.8) is 0 Å². The van der Waals surface area contributed by atoms with Gasteiger partial charge in [-0.2, -0.15) is 0 Å². The molecule has 3 heteroatoms. The minimum atomic E-state index is -0.0226. The molecule has 4 bridgehead atoms. The summed E-state index contributed by atoms with van der Waals surface area (Å²) in [4.78, 5) is 24.0. The zero-order valence-corrected chi connectivity index (χ0v) is 10.9. The lowest BCUT2D eigenvalue weighted by Gasteiger charge is -2.63. The molecule has 4 aliphatic carbocycles. The topological polar surface area (TPSA) is 46.2 Å². The Hall–Kier alpha value is -0.860. The number of imide groups is 1. The summed E-state index contributed by atoms with van der Waals surface area (Å²) in [5, 5.41) is 2.53. The van der Waals surface area contributed by atoms with Crippen molar-refractivity contribution in [2.75, 3.05) is 0 Å². The highest BCUT2D eigenvalue weighted by Crippen LogP contribution is 2.66. The molecular weight excluding hydrogens is 226 g/mol. The van der Waals surface area contributed by atoms with Crippen molar-refractivity contribution in [3.8, 4) is 0 Å². The normalized spacial score (nSPS) is 53.9. The number of nitrogens with one attached hydrogen (secondary N) is 1. The third-order valence-electron chi connectivity index (χ3n) is 6.59. The Bertz CT molecular complexity index is 400. The van der Waals surface area contributed by atoms with Crippen LogP contribution >= 0.6 is 0 Å². The van der Waals surface area contributed by atoms with E-state index in [9.17, 15) is 9.59 Å². The third-order valence-corrected chi connectivity index (χ3v) is 6.59. The number of piperidine rings is 1. The van der Waals surface area contributed by atoms with E-state index in [4.69, 9.17) is 0 Å². The molecular formula is C15H21NO2. The molecule has 3 nitrogen and oxygen atoms in total. The van der Waals surface area contributed by atoms with E-state index in [0.717, 1.165) is 11.8 Å². The Kier molecular flexibility index (Phi) is 2.06. The number of carbonyl (C=O) groups is 2. The van der Waals surface area contributed by atoms with Crippen LogP contribution < -0.4 is 5.32 Å². The summed E-state index contributed by atoms with van der Waals surface area (Å²) in [5.41, 5.74) is 0.0207. The van der Waals surface area contributed by atoms with Gasteiger partial charge in [0.25, 0.3) is 0 Å². The van der Waals surface area contributed by atoms with Crippen molar-refractivity contribution < 1.29 is 9.59 Å². The standard InChI is InChI=1S/C15H21NO2/c1-8-14(18)16-13(17)7-15(8)11-3-9-2-10(5-11)6-12(15)4-9/h8-12H,2-7H2,1H3,(H,16,17,18). The highest BCUT2D eigenvalue weighted by Gasteiger charge is 2.62. The van der Waals surface area contributed by atoms with Gasteiger partial charge in [0.1, 0.15) is 0 Å². The van der Waals surface area contributed by atoms with Crippen molar-refractivity contribution in [2.45, 2.75) is 45.4 Å². The SMILES string of the molecule is CC1C(=O)NC(=O)CC12C1CC3CC(C1)CC2C3. The van der Waals surface area contributed by atoms with E-state index in [-0.39, 0.29) is 23.1 Å². The predicted octanol–water partition coefficient (Wildman–Crippen LogP) is 2.11. The van der Waals surface area contributed by atoms with Gasteiger partial charge in [-0.05, 0) is 61.2 Å². The predicted molar refractivity (Wildman–Crippen MR) is 66.4 cm³/mol. The van der Waals surface area contributed by atoms with Crippen LogP contribution in [0.2, 0.25) is 0 Å². The largest absolute Gasteiger partial charge is 0.296 e. The summed E-state index contributed by atoms with van der Waals surface area (Å²) >= 11 is 0. The molecule has 98 valence electrons. The molecule has 1 atom stereocenters.